The second-order valence-corrected chi connectivity index (χ2v) is 6.35. The summed E-state index contributed by atoms with van der Waals surface area (Å²) in [6.45, 7) is 3.57. The molecule has 2 aliphatic rings. The predicted octanol–water partition coefficient (Wildman–Crippen LogP) is 0.321. The van der Waals surface area contributed by atoms with Gasteiger partial charge in [0.25, 0.3) is 5.56 Å². The molecule has 2 N–H and O–H groups in total. The highest BCUT2D eigenvalue weighted by Crippen LogP contribution is 2.30. The van der Waals surface area contributed by atoms with Gasteiger partial charge in [-0.3, -0.25) is 9.59 Å². The summed E-state index contributed by atoms with van der Waals surface area (Å²) in [5.74, 6) is 1.01. The van der Waals surface area contributed by atoms with Crippen molar-refractivity contribution in [3.63, 3.8) is 0 Å². The number of H-pyrrole nitrogens is 1. The number of ether oxygens (including phenoxy) is 2. The molecular formula is C16H23N3O4. The molecule has 3 rings (SSSR count). The molecule has 0 bridgehead atoms. The molecule has 1 amide bonds. The Morgan fingerprint density at radius 1 is 1.48 bits per heavy atom. The Morgan fingerprint density at radius 3 is 3.04 bits per heavy atom. The maximum absolute atomic E-state index is 12.2. The smallest absolute Gasteiger partial charge is 0.254 e. The standard InChI is InChI=1S/C16H23N3O4/c1-10-17-7-12(16(21)18-10)6-15(20)19-13-9-22-5-4-14(13)23-8-11-2-3-11/h7,11,13-14H,2-6,8-9H2,1H3,(H,19,20)(H,17,18,21)/t13-,14+/m1/s1. The quantitative estimate of drug-likeness (QED) is 0.787. The number of nitrogens with zero attached hydrogens (tertiary/aromatic N) is 1. The molecule has 1 aromatic heterocycles. The Kier molecular flexibility index (Phi) is 5.07. The number of aromatic amines is 1. The minimum Gasteiger partial charge on any atom is -0.379 e. The highest BCUT2D eigenvalue weighted by atomic mass is 16.5. The van der Waals surface area contributed by atoms with Crippen molar-refractivity contribution in [2.45, 2.75) is 44.8 Å². The van der Waals surface area contributed by atoms with E-state index in [-0.39, 0.29) is 30.0 Å². The first-order valence-electron chi connectivity index (χ1n) is 8.15. The molecule has 0 radical (unpaired) electrons. The fourth-order valence-electron chi connectivity index (χ4n) is 2.66. The van der Waals surface area contributed by atoms with Gasteiger partial charge in [0.05, 0.1) is 25.2 Å². The zero-order valence-electron chi connectivity index (χ0n) is 13.3. The SMILES string of the molecule is Cc1ncc(CC(=O)N[C@@H]2COCC[C@@H]2OCC2CC2)c(=O)[nH]1. The van der Waals surface area contributed by atoms with E-state index < -0.39 is 0 Å². The van der Waals surface area contributed by atoms with E-state index in [2.05, 4.69) is 15.3 Å². The van der Waals surface area contributed by atoms with Crippen molar-refractivity contribution in [3.8, 4) is 0 Å². The number of rotatable bonds is 6. The van der Waals surface area contributed by atoms with Crippen LogP contribution in [0.1, 0.15) is 30.7 Å². The molecule has 2 heterocycles. The van der Waals surface area contributed by atoms with Crippen molar-refractivity contribution in [3.05, 3.63) is 27.9 Å². The van der Waals surface area contributed by atoms with Crippen LogP contribution in [0.2, 0.25) is 0 Å². The largest absolute Gasteiger partial charge is 0.379 e. The first-order chi connectivity index (χ1) is 11.1. The number of hydrogen-bond donors (Lipinski definition) is 2. The third kappa shape index (κ3) is 4.62. The van der Waals surface area contributed by atoms with Crippen molar-refractivity contribution < 1.29 is 14.3 Å². The Hall–Kier alpha value is -1.73. The summed E-state index contributed by atoms with van der Waals surface area (Å²) in [6, 6.07) is -0.160. The number of aromatic nitrogens is 2. The van der Waals surface area contributed by atoms with E-state index >= 15 is 0 Å². The van der Waals surface area contributed by atoms with Crippen LogP contribution >= 0.6 is 0 Å². The summed E-state index contributed by atoms with van der Waals surface area (Å²) in [6.07, 6.45) is 4.71. The lowest BCUT2D eigenvalue weighted by atomic mass is 10.1. The highest BCUT2D eigenvalue weighted by molar-refractivity contribution is 5.78. The lowest BCUT2D eigenvalue weighted by molar-refractivity contribution is -0.125. The molecule has 1 saturated heterocycles. The van der Waals surface area contributed by atoms with E-state index in [1.807, 2.05) is 0 Å². The first-order valence-corrected chi connectivity index (χ1v) is 8.15. The van der Waals surface area contributed by atoms with E-state index in [0.717, 1.165) is 13.0 Å². The molecule has 1 aliphatic carbocycles. The normalized spacial score (nSPS) is 24.4. The fraction of sp³-hybridized carbons (Fsp3) is 0.688. The van der Waals surface area contributed by atoms with Gasteiger partial charge in [0.1, 0.15) is 5.82 Å². The van der Waals surface area contributed by atoms with E-state index in [0.29, 0.717) is 30.5 Å². The van der Waals surface area contributed by atoms with Crippen molar-refractivity contribution in [1.29, 1.82) is 0 Å². The zero-order valence-corrected chi connectivity index (χ0v) is 13.3. The van der Waals surface area contributed by atoms with Gasteiger partial charge in [-0.2, -0.15) is 0 Å². The Labute approximate surface area is 134 Å². The van der Waals surface area contributed by atoms with Crippen LogP contribution < -0.4 is 10.9 Å². The molecule has 7 heteroatoms. The Bertz CT molecular complexity index is 612. The summed E-state index contributed by atoms with van der Waals surface area (Å²) in [4.78, 5) is 30.6. The highest BCUT2D eigenvalue weighted by Gasteiger charge is 2.30. The van der Waals surface area contributed by atoms with Gasteiger partial charge in [-0.25, -0.2) is 4.98 Å². The second-order valence-electron chi connectivity index (χ2n) is 6.35. The number of nitrogens with one attached hydrogen (secondary N) is 2. The fourth-order valence-corrected chi connectivity index (χ4v) is 2.66. The van der Waals surface area contributed by atoms with Crippen molar-refractivity contribution in [1.82, 2.24) is 15.3 Å². The maximum Gasteiger partial charge on any atom is 0.254 e. The lowest BCUT2D eigenvalue weighted by Gasteiger charge is -2.32. The maximum atomic E-state index is 12.2. The Morgan fingerprint density at radius 2 is 2.30 bits per heavy atom. The molecule has 1 aliphatic heterocycles. The third-order valence-corrected chi connectivity index (χ3v) is 4.23. The molecule has 2 atom stereocenters. The van der Waals surface area contributed by atoms with Crippen LogP contribution in [-0.4, -0.2) is 47.8 Å². The summed E-state index contributed by atoms with van der Waals surface area (Å²) in [5, 5.41) is 2.93. The second kappa shape index (κ2) is 7.23. The average Bonchev–Trinajstić information content (AvgIpc) is 3.33. The lowest BCUT2D eigenvalue weighted by Crippen LogP contribution is -2.51. The predicted molar refractivity (Wildman–Crippen MR) is 83.1 cm³/mol. The molecule has 1 aromatic rings. The molecule has 0 aromatic carbocycles. The van der Waals surface area contributed by atoms with E-state index in [4.69, 9.17) is 9.47 Å². The van der Waals surface area contributed by atoms with Gasteiger partial charge in [0.15, 0.2) is 0 Å². The van der Waals surface area contributed by atoms with Crippen LogP contribution in [0, 0.1) is 12.8 Å². The summed E-state index contributed by atoms with van der Waals surface area (Å²) < 4.78 is 11.4. The Balaban J connectivity index is 1.55. The van der Waals surface area contributed by atoms with Crippen LogP contribution in [-0.2, 0) is 20.7 Å². The van der Waals surface area contributed by atoms with Crippen LogP contribution in [0.4, 0.5) is 0 Å². The molecule has 7 nitrogen and oxygen atoms in total. The van der Waals surface area contributed by atoms with Gasteiger partial charge in [0.2, 0.25) is 5.91 Å². The van der Waals surface area contributed by atoms with Crippen molar-refractivity contribution in [2.24, 2.45) is 5.92 Å². The molecule has 2 fully saturated rings. The number of carbonyl (C=O) groups is 1. The van der Waals surface area contributed by atoms with Gasteiger partial charge in [-0.15, -0.1) is 0 Å². The minimum absolute atomic E-state index is 0.00839. The van der Waals surface area contributed by atoms with Gasteiger partial charge < -0.3 is 19.8 Å². The molecular weight excluding hydrogens is 298 g/mol. The van der Waals surface area contributed by atoms with E-state index in [1.54, 1.807) is 6.92 Å². The number of hydrogen-bond acceptors (Lipinski definition) is 5. The zero-order chi connectivity index (χ0) is 16.2. The summed E-state index contributed by atoms with van der Waals surface area (Å²) in [5.41, 5.74) is 0.0920. The summed E-state index contributed by atoms with van der Waals surface area (Å²) in [7, 11) is 0. The third-order valence-electron chi connectivity index (χ3n) is 4.23. The van der Waals surface area contributed by atoms with E-state index in [1.165, 1.54) is 19.0 Å². The molecule has 0 spiro atoms. The molecule has 0 unspecified atom stereocenters. The molecule has 23 heavy (non-hydrogen) atoms. The molecule has 1 saturated carbocycles. The van der Waals surface area contributed by atoms with Crippen molar-refractivity contribution >= 4 is 5.91 Å². The van der Waals surface area contributed by atoms with Gasteiger partial charge in [-0.1, -0.05) is 0 Å². The number of amides is 1. The topological polar surface area (TPSA) is 93.3 Å². The van der Waals surface area contributed by atoms with Crippen LogP contribution in [0.15, 0.2) is 11.0 Å². The minimum atomic E-state index is -0.269. The van der Waals surface area contributed by atoms with Crippen LogP contribution in [0.5, 0.6) is 0 Å². The van der Waals surface area contributed by atoms with Gasteiger partial charge >= 0.3 is 0 Å². The molecule has 126 valence electrons. The number of carbonyl (C=O) groups excluding carboxylic acids is 1. The number of aryl methyl sites for hydroxylation is 1. The van der Waals surface area contributed by atoms with Gasteiger partial charge in [0, 0.05) is 25.0 Å². The van der Waals surface area contributed by atoms with Crippen LogP contribution in [0.25, 0.3) is 0 Å². The average molecular weight is 321 g/mol. The van der Waals surface area contributed by atoms with E-state index in [9.17, 15) is 9.59 Å². The monoisotopic (exact) mass is 321 g/mol. The van der Waals surface area contributed by atoms with Crippen LogP contribution in [0.3, 0.4) is 0 Å². The van der Waals surface area contributed by atoms with Gasteiger partial charge in [-0.05, 0) is 32.1 Å². The summed E-state index contributed by atoms with van der Waals surface area (Å²) >= 11 is 0. The first kappa shape index (κ1) is 16.1. The van der Waals surface area contributed by atoms with Crippen molar-refractivity contribution in [2.75, 3.05) is 19.8 Å².